The van der Waals surface area contributed by atoms with Gasteiger partial charge < -0.3 is 9.67 Å². The first-order valence-corrected chi connectivity index (χ1v) is 5.16. The van der Waals surface area contributed by atoms with E-state index < -0.39 is 0 Å². The zero-order chi connectivity index (χ0) is 10.8. The molecule has 0 bridgehead atoms. The number of H-pyrrole nitrogens is 1. The maximum absolute atomic E-state index is 9.05. The Kier molecular flexibility index (Phi) is 3.44. The predicted octanol–water partition coefficient (Wildman–Crippen LogP) is 1.87. The zero-order valence-electron chi connectivity index (χ0n) is 8.87. The first-order valence-electron chi connectivity index (χ1n) is 4.75. The van der Waals surface area contributed by atoms with E-state index in [1.54, 1.807) is 0 Å². The number of aliphatic hydroxyl groups excluding tert-OH is 1. The second-order valence-corrected chi connectivity index (χ2v) is 4.59. The third kappa shape index (κ3) is 2.42. The normalized spacial score (nSPS) is 12.0. The minimum absolute atomic E-state index is 0.0765. The number of rotatable bonds is 4. The van der Waals surface area contributed by atoms with Crippen molar-refractivity contribution in [3.05, 3.63) is 10.6 Å². The first kappa shape index (κ1) is 11.4. The molecule has 14 heavy (non-hydrogen) atoms. The summed E-state index contributed by atoms with van der Waals surface area (Å²) in [6.07, 6.45) is 1.06. The van der Waals surface area contributed by atoms with Crippen molar-refractivity contribution in [1.29, 1.82) is 0 Å². The molecule has 0 aromatic carbocycles. The Morgan fingerprint density at radius 1 is 1.57 bits per heavy atom. The second-order valence-electron chi connectivity index (χ2n) is 4.21. The van der Waals surface area contributed by atoms with Gasteiger partial charge in [0.25, 0.3) is 0 Å². The van der Waals surface area contributed by atoms with Crippen molar-refractivity contribution in [2.24, 2.45) is 5.41 Å². The topological polar surface area (TPSA) is 53.8 Å². The van der Waals surface area contributed by atoms with Crippen LogP contribution in [0.3, 0.4) is 0 Å². The number of hydrogen-bond acceptors (Lipinski definition) is 3. The van der Waals surface area contributed by atoms with Crippen molar-refractivity contribution in [2.75, 3.05) is 0 Å². The number of nitrogens with one attached hydrogen (secondary N) is 1. The van der Waals surface area contributed by atoms with Gasteiger partial charge in [0, 0.05) is 6.54 Å². The summed E-state index contributed by atoms with van der Waals surface area (Å²) >= 11 is 5.09. The molecule has 0 saturated carbocycles. The lowest BCUT2D eigenvalue weighted by Crippen LogP contribution is -2.20. The molecule has 0 aliphatic heterocycles. The molecular weight excluding hydrogens is 198 g/mol. The van der Waals surface area contributed by atoms with Crippen LogP contribution in [0.5, 0.6) is 0 Å². The fraction of sp³-hybridized carbons (Fsp3) is 0.778. The van der Waals surface area contributed by atoms with E-state index in [0.29, 0.717) is 10.6 Å². The van der Waals surface area contributed by atoms with Crippen LogP contribution < -0.4 is 0 Å². The Hall–Kier alpha value is -0.680. The predicted molar refractivity (Wildman–Crippen MR) is 57.4 cm³/mol. The highest BCUT2D eigenvalue weighted by molar-refractivity contribution is 7.71. The molecule has 0 radical (unpaired) electrons. The fourth-order valence-corrected chi connectivity index (χ4v) is 1.39. The number of hydrogen-bond donors (Lipinski definition) is 2. The van der Waals surface area contributed by atoms with Crippen LogP contribution in [-0.4, -0.2) is 19.9 Å². The van der Waals surface area contributed by atoms with Crippen LogP contribution in [-0.2, 0) is 13.2 Å². The molecule has 0 atom stereocenters. The Morgan fingerprint density at radius 3 is 2.71 bits per heavy atom. The van der Waals surface area contributed by atoms with Crippen molar-refractivity contribution in [2.45, 2.75) is 40.3 Å². The van der Waals surface area contributed by atoms with Crippen LogP contribution in [0.25, 0.3) is 0 Å². The standard InChI is InChI=1S/C9H17N3OS/c1-4-9(2,3)6-12-7(5-13)10-11-8(12)14/h13H,4-6H2,1-3H3,(H,11,14). The Morgan fingerprint density at radius 2 is 2.21 bits per heavy atom. The van der Waals surface area contributed by atoms with E-state index in [1.165, 1.54) is 0 Å². The van der Waals surface area contributed by atoms with Gasteiger partial charge in [-0.2, -0.15) is 5.10 Å². The average molecular weight is 215 g/mol. The molecule has 0 aliphatic carbocycles. The summed E-state index contributed by atoms with van der Waals surface area (Å²) in [5.74, 6) is 0.608. The summed E-state index contributed by atoms with van der Waals surface area (Å²) in [5.41, 5.74) is 0.173. The van der Waals surface area contributed by atoms with Crippen LogP contribution in [0.15, 0.2) is 0 Å². The molecule has 0 fully saturated rings. The molecular formula is C9H17N3OS. The number of aromatic amines is 1. The molecule has 0 saturated heterocycles. The molecule has 0 aliphatic rings. The average Bonchev–Trinajstić information content (AvgIpc) is 2.48. The van der Waals surface area contributed by atoms with Gasteiger partial charge in [-0.3, -0.25) is 5.10 Å². The zero-order valence-corrected chi connectivity index (χ0v) is 9.69. The van der Waals surface area contributed by atoms with E-state index in [0.717, 1.165) is 13.0 Å². The Labute approximate surface area is 89.0 Å². The monoisotopic (exact) mass is 215 g/mol. The third-order valence-electron chi connectivity index (χ3n) is 2.52. The molecule has 1 aromatic rings. The number of nitrogens with zero attached hydrogens (tertiary/aromatic N) is 2. The Balaban J connectivity index is 2.95. The lowest BCUT2D eigenvalue weighted by atomic mass is 9.90. The summed E-state index contributed by atoms with van der Waals surface area (Å²) in [5, 5.41) is 15.7. The lowest BCUT2D eigenvalue weighted by molar-refractivity contribution is 0.243. The van der Waals surface area contributed by atoms with Gasteiger partial charge in [-0.25, -0.2) is 0 Å². The van der Waals surface area contributed by atoms with Gasteiger partial charge in [0.15, 0.2) is 10.6 Å². The lowest BCUT2D eigenvalue weighted by Gasteiger charge is -2.23. The third-order valence-corrected chi connectivity index (χ3v) is 2.83. The van der Waals surface area contributed by atoms with Crippen molar-refractivity contribution in [3.63, 3.8) is 0 Å². The van der Waals surface area contributed by atoms with E-state index >= 15 is 0 Å². The van der Waals surface area contributed by atoms with Crippen LogP contribution >= 0.6 is 12.2 Å². The van der Waals surface area contributed by atoms with Gasteiger partial charge in [-0.05, 0) is 24.1 Å². The molecule has 0 amide bonds. The highest BCUT2D eigenvalue weighted by Gasteiger charge is 2.18. The molecule has 80 valence electrons. The van der Waals surface area contributed by atoms with E-state index in [1.807, 2.05) is 4.57 Å². The molecule has 4 nitrogen and oxygen atoms in total. The van der Waals surface area contributed by atoms with E-state index in [-0.39, 0.29) is 12.0 Å². The quantitative estimate of drug-likeness (QED) is 0.754. The molecule has 0 unspecified atom stereocenters. The molecule has 0 spiro atoms. The smallest absolute Gasteiger partial charge is 0.195 e. The molecule has 5 heteroatoms. The van der Waals surface area contributed by atoms with E-state index in [4.69, 9.17) is 17.3 Å². The summed E-state index contributed by atoms with van der Waals surface area (Å²) in [7, 11) is 0. The number of aromatic nitrogens is 3. The highest BCUT2D eigenvalue weighted by Crippen LogP contribution is 2.22. The van der Waals surface area contributed by atoms with Crippen molar-refractivity contribution in [3.8, 4) is 0 Å². The van der Waals surface area contributed by atoms with Gasteiger partial charge in [0.05, 0.1) is 0 Å². The summed E-state index contributed by atoms with van der Waals surface area (Å²) in [6.45, 7) is 7.19. The van der Waals surface area contributed by atoms with Crippen molar-refractivity contribution < 1.29 is 5.11 Å². The summed E-state index contributed by atoms with van der Waals surface area (Å²) in [6, 6.07) is 0. The Bertz CT molecular complexity index is 353. The summed E-state index contributed by atoms with van der Waals surface area (Å²) in [4.78, 5) is 0. The molecule has 1 rings (SSSR count). The maximum Gasteiger partial charge on any atom is 0.195 e. The van der Waals surface area contributed by atoms with Crippen LogP contribution in [0, 0.1) is 10.2 Å². The highest BCUT2D eigenvalue weighted by atomic mass is 32.1. The minimum Gasteiger partial charge on any atom is -0.388 e. The van der Waals surface area contributed by atoms with Crippen molar-refractivity contribution in [1.82, 2.24) is 14.8 Å². The van der Waals surface area contributed by atoms with Gasteiger partial charge in [-0.1, -0.05) is 20.8 Å². The van der Waals surface area contributed by atoms with E-state index in [2.05, 4.69) is 31.0 Å². The van der Waals surface area contributed by atoms with Crippen molar-refractivity contribution >= 4 is 12.2 Å². The van der Waals surface area contributed by atoms with Crippen LogP contribution in [0.4, 0.5) is 0 Å². The van der Waals surface area contributed by atoms with Gasteiger partial charge >= 0.3 is 0 Å². The molecule has 2 N–H and O–H groups in total. The summed E-state index contributed by atoms with van der Waals surface area (Å²) < 4.78 is 2.44. The second kappa shape index (κ2) is 4.23. The SMILES string of the molecule is CCC(C)(C)Cn1c(CO)n[nH]c1=S. The minimum atomic E-state index is -0.0765. The van der Waals surface area contributed by atoms with Gasteiger partial charge in [0.2, 0.25) is 0 Å². The maximum atomic E-state index is 9.05. The van der Waals surface area contributed by atoms with Gasteiger partial charge in [0.1, 0.15) is 6.61 Å². The molecule has 1 aromatic heterocycles. The first-order chi connectivity index (χ1) is 6.50. The number of aliphatic hydroxyl groups is 1. The van der Waals surface area contributed by atoms with E-state index in [9.17, 15) is 0 Å². The fourth-order valence-electron chi connectivity index (χ4n) is 1.17. The largest absolute Gasteiger partial charge is 0.388 e. The van der Waals surface area contributed by atoms with Crippen LogP contribution in [0.1, 0.15) is 33.0 Å². The van der Waals surface area contributed by atoms with Crippen LogP contribution in [0.2, 0.25) is 0 Å². The molecule has 1 heterocycles. The van der Waals surface area contributed by atoms with Gasteiger partial charge in [-0.15, -0.1) is 0 Å².